The predicted molar refractivity (Wildman–Crippen MR) is 33.0 cm³/mol. The maximum absolute atomic E-state index is 8.65. The molecule has 0 fully saturated rings. The molecule has 0 aliphatic heterocycles. The van der Waals surface area contributed by atoms with Crippen LogP contribution in [0.5, 0.6) is 11.5 Å². The molecule has 0 amide bonds. The zero-order valence-electron chi connectivity index (χ0n) is 4.70. The van der Waals surface area contributed by atoms with Gasteiger partial charge in [0.2, 0.25) is 0 Å². The Balaban J connectivity index is 0.000000640. The second-order valence-corrected chi connectivity index (χ2v) is 1.52. The van der Waals surface area contributed by atoms with Gasteiger partial charge in [-0.15, -0.1) is 0 Å². The van der Waals surface area contributed by atoms with Crippen molar-refractivity contribution in [2.45, 2.75) is 0 Å². The lowest BCUT2D eigenvalue weighted by Crippen LogP contribution is -1.61. The fourth-order valence-electron chi connectivity index (χ4n) is 0.453. The maximum Gasteiger partial charge on any atom is 0.115 e. The van der Waals surface area contributed by atoms with Crippen LogP contribution in [0.15, 0.2) is 24.3 Å². The summed E-state index contributed by atoms with van der Waals surface area (Å²) in [5, 5.41) is 17.3. The van der Waals surface area contributed by atoms with E-state index in [1.807, 2.05) is 0 Å². The summed E-state index contributed by atoms with van der Waals surface area (Å²) in [6.07, 6.45) is 0. The number of hydrogen-bond donors (Lipinski definition) is 2. The van der Waals surface area contributed by atoms with Crippen LogP contribution in [0.3, 0.4) is 0 Å². The van der Waals surface area contributed by atoms with Crippen LogP contribution in [-0.2, 0) is 0 Å². The first-order valence-corrected chi connectivity index (χ1v) is 2.27. The summed E-state index contributed by atoms with van der Waals surface area (Å²) in [5.74, 6) is 0.339. The normalized spacial score (nSPS) is 8.00. The van der Waals surface area contributed by atoms with E-state index in [1.54, 1.807) is 0 Å². The van der Waals surface area contributed by atoms with Crippen LogP contribution in [0.2, 0.25) is 0 Å². The molecule has 2 nitrogen and oxygen atoms in total. The van der Waals surface area contributed by atoms with Crippen molar-refractivity contribution in [1.29, 1.82) is 0 Å². The summed E-state index contributed by atoms with van der Waals surface area (Å²) < 4.78 is 0. The van der Waals surface area contributed by atoms with Crippen molar-refractivity contribution >= 4 is 0 Å². The smallest absolute Gasteiger partial charge is 0.115 e. The Kier molecular flexibility index (Phi) is 2.58. The fourth-order valence-corrected chi connectivity index (χ4v) is 0.453. The number of benzene rings is 1. The fraction of sp³-hybridized carbons (Fsp3) is 0. The van der Waals surface area contributed by atoms with Gasteiger partial charge in [-0.1, -0.05) is 0 Å². The molecule has 0 unspecified atom stereocenters. The van der Waals surface area contributed by atoms with Crippen LogP contribution < -0.4 is 0 Å². The van der Waals surface area contributed by atoms with Crippen molar-refractivity contribution in [2.24, 2.45) is 0 Å². The van der Waals surface area contributed by atoms with Gasteiger partial charge in [-0.2, -0.15) is 0 Å². The van der Waals surface area contributed by atoms with E-state index in [9.17, 15) is 0 Å². The van der Waals surface area contributed by atoms with Gasteiger partial charge in [0.15, 0.2) is 0 Å². The van der Waals surface area contributed by atoms with Crippen LogP contribution in [0.25, 0.3) is 0 Å². The lowest BCUT2D eigenvalue weighted by molar-refractivity contribution is 0.460. The topological polar surface area (TPSA) is 40.5 Å². The molecular formula is C7H6O2. The molecule has 9 heavy (non-hydrogen) atoms. The maximum atomic E-state index is 8.65. The molecule has 1 rings (SSSR count). The lowest BCUT2D eigenvalue weighted by atomic mass is 10.3. The summed E-state index contributed by atoms with van der Waals surface area (Å²) in [4.78, 5) is 0. The van der Waals surface area contributed by atoms with Gasteiger partial charge in [0.1, 0.15) is 11.5 Å². The Morgan fingerprint density at radius 3 is 1.22 bits per heavy atom. The third-order valence-electron chi connectivity index (χ3n) is 0.850. The summed E-state index contributed by atoms with van der Waals surface area (Å²) in [5.41, 5.74) is 0. The highest BCUT2D eigenvalue weighted by molar-refractivity contribution is 5.28. The van der Waals surface area contributed by atoms with Crippen molar-refractivity contribution in [2.75, 3.05) is 0 Å². The quantitative estimate of drug-likeness (QED) is 0.507. The molecule has 2 heteroatoms. The molecule has 0 aliphatic rings. The van der Waals surface area contributed by atoms with Gasteiger partial charge in [-0.05, 0) is 24.3 Å². The summed E-state index contributed by atoms with van der Waals surface area (Å²) >= 11 is 0. The van der Waals surface area contributed by atoms with Crippen LogP contribution in [-0.4, -0.2) is 10.2 Å². The van der Waals surface area contributed by atoms with Gasteiger partial charge in [-0.25, -0.2) is 0 Å². The van der Waals surface area contributed by atoms with E-state index in [0.717, 1.165) is 0 Å². The van der Waals surface area contributed by atoms with Crippen molar-refractivity contribution in [3.63, 3.8) is 0 Å². The monoisotopic (exact) mass is 122 g/mol. The molecule has 0 saturated carbocycles. The van der Waals surface area contributed by atoms with Gasteiger partial charge in [0.25, 0.3) is 0 Å². The summed E-state index contributed by atoms with van der Waals surface area (Å²) in [6, 6.07) is 5.70. The molecule has 0 atom stereocenters. The van der Waals surface area contributed by atoms with Crippen molar-refractivity contribution in [1.82, 2.24) is 0 Å². The van der Waals surface area contributed by atoms with Crippen molar-refractivity contribution in [3.05, 3.63) is 31.7 Å². The van der Waals surface area contributed by atoms with E-state index in [1.165, 1.54) is 24.3 Å². The molecular weight excluding hydrogens is 116 g/mol. The van der Waals surface area contributed by atoms with Crippen molar-refractivity contribution in [3.8, 4) is 11.5 Å². The Hall–Kier alpha value is -1.18. The first kappa shape index (κ1) is 7.82. The summed E-state index contributed by atoms with van der Waals surface area (Å²) in [7, 11) is 0. The van der Waals surface area contributed by atoms with Gasteiger partial charge < -0.3 is 10.2 Å². The Morgan fingerprint density at radius 1 is 0.778 bits per heavy atom. The molecule has 1 aromatic rings. The van der Waals surface area contributed by atoms with Gasteiger partial charge in [0, 0.05) is 7.43 Å². The van der Waals surface area contributed by atoms with E-state index in [4.69, 9.17) is 10.2 Å². The first-order chi connectivity index (χ1) is 3.79. The highest BCUT2D eigenvalue weighted by Crippen LogP contribution is 2.13. The highest BCUT2D eigenvalue weighted by atomic mass is 16.3. The molecule has 0 aromatic heterocycles. The average molecular weight is 122 g/mol. The van der Waals surface area contributed by atoms with Crippen LogP contribution in [0.1, 0.15) is 0 Å². The second kappa shape index (κ2) is 2.97. The predicted octanol–water partition coefficient (Wildman–Crippen LogP) is 1.18. The number of phenols is 2. The minimum atomic E-state index is 0. The molecule has 0 aliphatic carbocycles. The molecule has 0 heterocycles. The molecule has 0 saturated heterocycles. The van der Waals surface area contributed by atoms with E-state index in [2.05, 4.69) is 0 Å². The zero-order valence-corrected chi connectivity index (χ0v) is 4.70. The first-order valence-electron chi connectivity index (χ1n) is 2.27. The molecule has 2 N–H and O–H groups in total. The van der Waals surface area contributed by atoms with E-state index < -0.39 is 0 Å². The zero-order chi connectivity index (χ0) is 5.98. The van der Waals surface area contributed by atoms with Gasteiger partial charge >= 0.3 is 0 Å². The number of aromatic hydroxyl groups is 2. The standard InChI is InChI=1S/C6H6O2.C/c7-5-1-2-6(8)4-3-5;/h1-4,7-8H;. The van der Waals surface area contributed by atoms with Crippen LogP contribution in [0.4, 0.5) is 0 Å². The largest absolute Gasteiger partial charge is 0.508 e. The Bertz CT molecular complexity index is 146. The lowest BCUT2D eigenvalue weighted by Gasteiger charge is -1.88. The average Bonchev–Trinajstić information content (AvgIpc) is 1.77. The van der Waals surface area contributed by atoms with Gasteiger partial charge in [0.05, 0.1) is 0 Å². The molecule has 46 valence electrons. The minimum Gasteiger partial charge on any atom is -0.508 e. The number of phenolic OH excluding ortho intramolecular Hbond substituents is 2. The van der Waals surface area contributed by atoms with Crippen molar-refractivity contribution < 1.29 is 10.2 Å². The number of rotatable bonds is 0. The van der Waals surface area contributed by atoms with E-state index in [-0.39, 0.29) is 18.9 Å². The van der Waals surface area contributed by atoms with Crippen LogP contribution >= 0.6 is 0 Å². The Morgan fingerprint density at radius 2 is 1.00 bits per heavy atom. The van der Waals surface area contributed by atoms with E-state index in [0.29, 0.717) is 0 Å². The highest BCUT2D eigenvalue weighted by Gasteiger charge is 1.84. The molecule has 0 bridgehead atoms. The minimum absolute atomic E-state index is 0. The van der Waals surface area contributed by atoms with Gasteiger partial charge in [-0.3, -0.25) is 0 Å². The SMILES string of the molecule is Oc1ccc(O)cc1.[C]. The third-order valence-corrected chi connectivity index (χ3v) is 0.850. The number of hydrogen-bond acceptors (Lipinski definition) is 2. The molecule has 0 spiro atoms. The third kappa shape index (κ3) is 2.04. The molecule has 4 radical (unpaired) electrons. The Labute approximate surface area is 54.4 Å². The summed E-state index contributed by atoms with van der Waals surface area (Å²) in [6.45, 7) is 0. The van der Waals surface area contributed by atoms with Crippen LogP contribution in [0, 0.1) is 7.43 Å². The molecule has 1 aromatic carbocycles. The van der Waals surface area contributed by atoms with E-state index >= 15 is 0 Å². The second-order valence-electron chi connectivity index (χ2n) is 1.52.